The highest BCUT2D eigenvalue weighted by atomic mass is 15.3. The molecule has 0 aliphatic carbocycles. The van der Waals surface area contributed by atoms with Crippen LogP contribution in [0.4, 0.5) is 0 Å². The number of aryl methyl sites for hydroxylation is 2. The van der Waals surface area contributed by atoms with Crippen LogP contribution in [0.25, 0.3) is 11.4 Å². The molecule has 0 N–H and O–H groups in total. The van der Waals surface area contributed by atoms with Crippen molar-refractivity contribution in [3.8, 4) is 11.4 Å². The van der Waals surface area contributed by atoms with Gasteiger partial charge in [-0.15, -0.1) is 10.2 Å². The first-order valence-corrected chi connectivity index (χ1v) is 4.03. The van der Waals surface area contributed by atoms with Crippen LogP contribution in [-0.4, -0.2) is 24.5 Å². The predicted octanol–water partition coefficient (Wildman–Crippen LogP) is 0.524. The van der Waals surface area contributed by atoms with Gasteiger partial charge in [-0.25, -0.2) is 0 Å². The molecule has 13 heavy (non-hydrogen) atoms. The molecule has 2 rings (SSSR count). The fourth-order valence-electron chi connectivity index (χ4n) is 1.25. The van der Waals surface area contributed by atoms with Gasteiger partial charge in [0.1, 0.15) is 6.33 Å². The summed E-state index contributed by atoms with van der Waals surface area (Å²) in [5.74, 6) is 0.852. The summed E-state index contributed by atoms with van der Waals surface area (Å²) in [5, 5.41) is 12.0. The molecule has 0 saturated heterocycles. The Balaban J connectivity index is 2.59. The first kappa shape index (κ1) is 7.97. The van der Waals surface area contributed by atoms with Crippen LogP contribution in [0.2, 0.25) is 0 Å². The maximum absolute atomic E-state index is 4.15. The zero-order valence-electron chi connectivity index (χ0n) is 7.89. The molecule has 5 nitrogen and oxygen atoms in total. The van der Waals surface area contributed by atoms with Crippen molar-refractivity contribution >= 4 is 0 Å². The number of hydrogen-bond acceptors (Lipinski definition) is 3. The third kappa shape index (κ3) is 1.12. The number of hydrogen-bond donors (Lipinski definition) is 0. The molecule has 0 atom stereocenters. The van der Waals surface area contributed by atoms with Gasteiger partial charge >= 0.3 is 0 Å². The van der Waals surface area contributed by atoms with Crippen LogP contribution in [0.5, 0.6) is 0 Å². The standard InChI is InChI=1S/C8H11N5/c1-6-7(4-10-13(6)3)8-11-9-5-12(8)2/h4-5H,1-3H3. The summed E-state index contributed by atoms with van der Waals surface area (Å²) in [6.07, 6.45) is 3.49. The zero-order valence-corrected chi connectivity index (χ0v) is 7.89. The molecule has 0 saturated carbocycles. The second-order valence-corrected chi connectivity index (χ2v) is 3.03. The largest absolute Gasteiger partial charge is 0.317 e. The monoisotopic (exact) mass is 177 g/mol. The van der Waals surface area contributed by atoms with Gasteiger partial charge in [-0.1, -0.05) is 0 Å². The third-order valence-electron chi connectivity index (χ3n) is 2.19. The van der Waals surface area contributed by atoms with Crippen molar-refractivity contribution in [1.82, 2.24) is 24.5 Å². The predicted molar refractivity (Wildman–Crippen MR) is 47.9 cm³/mol. The van der Waals surface area contributed by atoms with Gasteiger partial charge in [-0.2, -0.15) is 5.10 Å². The van der Waals surface area contributed by atoms with Crippen LogP contribution in [0.15, 0.2) is 12.5 Å². The van der Waals surface area contributed by atoms with E-state index in [0.29, 0.717) is 0 Å². The molecule has 2 aromatic rings. The van der Waals surface area contributed by atoms with Gasteiger partial charge in [0.15, 0.2) is 5.82 Å². The smallest absolute Gasteiger partial charge is 0.166 e. The third-order valence-corrected chi connectivity index (χ3v) is 2.19. The van der Waals surface area contributed by atoms with Crippen LogP contribution in [0, 0.1) is 6.92 Å². The first-order chi connectivity index (χ1) is 6.20. The summed E-state index contributed by atoms with van der Waals surface area (Å²) in [5.41, 5.74) is 2.12. The van der Waals surface area contributed by atoms with Crippen molar-refractivity contribution in [3.05, 3.63) is 18.2 Å². The summed E-state index contributed by atoms with van der Waals surface area (Å²) in [4.78, 5) is 0. The van der Waals surface area contributed by atoms with Crippen molar-refractivity contribution in [2.75, 3.05) is 0 Å². The second-order valence-electron chi connectivity index (χ2n) is 3.03. The van der Waals surface area contributed by atoms with Gasteiger partial charge in [0, 0.05) is 19.8 Å². The molecule has 0 bridgehead atoms. The summed E-state index contributed by atoms with van der Waals surface area (Å²) < 4.78 is 3.70. The van der Waals surface area contributed by atoms with E-state index in [2.05, 4.69) is 15.3 Å². The Morgan fingerprint density at radius 1 is 1.31 bits per heavy atom. The molecule has 0 aliphatic rings. The Hall–Kier alpha value is -1.65. The SMILES string of the molecule is Cc1c(-c2nncn2C)cnn1C. The van der Waals surface area contributed by atoms with Crippen LogP contribution >= 0.6 is 0 Å². The van der Waals surface area contributed by atoms with E-state index in [1.807, 2.05) is 30.3 Å². The van der Waals surface area contributed by atoms with Crippen molar-refractivity contribution in [3.63, 3.8) is 0 Å². The van der Waals surface area contributed by atoms with E-state index < -0.39 is 0 Å². The minimum atomic E-state index is 0.852. The highest BCUT2D eigenvalue weighted by Crippen LogP contribution is 2.18. The van der Waals surface area contributed by atoms with E-state index in [-0.39, 0.29) is 0 Å². The first-order valence-electron chi connectivity index (χ1n) is 4.03. The Labute approximate surface area is 76.0 Å². The summed E-state index contributed by atoms with van der Waals surface area (Å²) >= 11 is 0. The summed E-state index contributed by atoms with van der Waals surface area (Å²) in [6.45, 7) is 2.01. The van der Waals surface area contributed by atoms with Crippen LogP contribution in [0.3, 0.4) is 0 Å². The maximum atomic E-state index is 4.15. The second kappa shape index (κ2) is 2.69. The van der Waals surface area contributed by atoms with E-state index in [0.717, 1.165) is 17.1 Å². The Bertz CT molecular complexity index is 425. The van der Waals surface area contributed by atoms with Gasteiger partial charge in [-0.05, 0) is 6.92 Å². The molecule has 5 heteroatoms. The molecule has 0 spiro atoms. The molecule has 0 radical (unpaired) electrons. The number of rotatable bonds is 1. The Morgan fingerprint density at radius 3 is 2.54 bits per heavy atom. The van der Waals surface area contributed by atoms with Crippen molar-refractivity contribution in [1.29, 1.82) is 0 Å². The topological polar surface area (TPSA) is 48.5 Å². The zero-order chi connectivity index (χ0) is 9.42. The van der Waals surface area contributed by atoms with Gasteiger partial charge < -0.3 is 4.57 Å². The van der Waals surface area contributed by atoms with Gasteiger partial charge in [-0.3, -0.25) is 4.68 Å². The molecule has 2 heterocycles. The Morgan fingerprint density at radius 2 is 2.08 bits per heavy atom. The molecule has 2 aromatic heterocycles. The average molecular weight is 177 g/mol. The number of nitrogens with zero attached hydrogens (tertiary/aromatic N) is 5. The van der Waals surface area contributed by atoms with E-state index in [1.165, 1.54) is 0 Å². The fraction of sp³-hybridized carbons (Fsp3) is 0.375. The molecule has 68 valence electrons. The van der Waals surface area contributed by atoms with Crippen LogP contribution in [-0.2, 0) is 14.1 Å². The van der Waals surface area contributed by atoms with Crippen molar-refractivity contribution in [2.24, 2.45) is 14.1 Å². The lowest BCUT2D eigenvalue weighted by atomic mass is 10.2. The van der Waals surface area contributed by atoms with Crippen LogP contribution < -0.4 is 0 Å². The van der Waals surface area contributed by atoms with E-state index >= 15 is 0 Å². The van der Waals surface area contributed by atoms with E-state index in [9.17, 15) is 0 Å². The molecule has 0 fully saturated rings. The minimum absolute atomic E-state index is 0.852. The molecular weight excluding hydrogens is 166 g/mol. The van der Waals surface area contributed by atoms with Crippen molar-refractivity contribution < 1.29 is 0 Å². The lowest BCUT2D eigenvalue weighted by Gasteiger charge is -1.98. The molecular formula is C8H11N5. The van der Waals surface area contributed by atoms with E-state index in [4.69, 9.17) is 0 Å². The van der Waals surface area contributed by atoms with Gasteiger partial charge in [0.2, 0.25) is 0 Å². The normalized spacial score (nSPS) is 10.7. The molecule has 0 unspecified atom stereocenters. The highest BCUT2D eigenvalue weighted by molar-refractivity contribution is 5.56. The lowest BCUT2D eigenvalue weighted by molar-refractivity contribution is 0.740. The van der Waals surface area contributed by atoms with Crippen LogP contribution in [0.1, 0.15) is 5.69 Å². The molecule has 0 aromatic carbocycles. The summed E-state index contributed by atoms with van der Waals surface area (Å²) in [7, 11) is 3.83. The summed E-state index contributed by atoms with van der Waals surface area (Å²) in [6, 6.07) is 0. The lowest BCUT2D eigenvalue weighted by Crippen LogP contribution is -1.95. The maximum Gasteiger partial charge on any atom is 0.166 e. The molecule has 0 amide bonds. The van der Waals surface area contributed by atoms with Crippen molar-refractivity contribution in [2.45, 2.75) is 6.92 Å². The van der Waals surface area contributed by atoms with Gasteiger partial charge in [0.25, 0.3) is 0 Å². The fourth-order valence-corrected chi connectivity index (χ4v) is 1.25. The Kier molecular flexibility index (Phi) is 1.65. The highest BCUT2D eigenvalue weighted by Gasteiger charge is 2.10. The average Bonchev–Trinajstić information content (AvgIpc) is 2.62. The number of aromatic nitrogens is 5. The van der Waals surface area contributed by atoms with Gasteiger partial charge in [0.05, 0.1) is 11.8 Å². The molecule has 0 aliphatic heterocycles. The minimum Gasteiger partial charge on any atom is -0.317 e. The van der Waals surface area contributed by atoms with E-state index in [1.54, 1.807) is 12.5 Å². The quantitative estimate of drug-likeness (QED) is 0.638.